The molecule has 1 rings (SSSR count). The zero-order valence-corrected chi connectivity index (χ0v) is 16.5. The molecule has 1 saturated heterocycles. The van der Waals surface area contributed by atoms with Gasteiger partial charge in [-0.3, -0.25) is 9.59 Å². The summed E-state index contributed by atoms with van der Waals surface area (Å²) in [7, 11) is 1.64. The van der Waals surface area contributed by atoms with Gasteiger partial charge in [0.1, 0.15) is 11.6 Å². The van der Waals surface area contributed by atoms with E-state index in [9.17, 15) is 14.4 Å². The third-order valence-corrected chi connectivity index (χ3v) is 3.76. The first-order valence-corrected chi connectivity index (χ1v) is 8.75. The highest BCUT2D eigenvalue weighted by Gasteiger charge is 2.37. The lowest BCUT2D eigenvalue weighted by Crippen LogP contribution is -2.50. The zero-order valence-electron chi connectivity index (χ0n) is 16.5. The third kappa shape index (κ3) is 6.49. The number of hydrogen-bond donors (Lipinski definition) is 0. The molecule has 0 aliphatic carbocycles. The molecule has 0 bridgehead atoms. The zero-order chi connectivity index (χ0) is 19.1. The molecule has 6 nitrogen and oxygen atoms in total. The predicted molar refractivity (Wildman–Crippen MR) is 94.3 cm³/mol. The fourth-order valence-corrected chi connectivity index (χ4v) is 2.75. The Morgan fingerprint density at radius 3 is 2.17 bits per heavy atom. The van der Waals surface area contributed by atoms with E-state index in [1.54, 1.807) is 11.9 Å². The predicted octanol–water partition coefficient (Wildman–Crippen LogP) is 2.32. The molecule has 0 aromatic heterocycles. The summed E-state index contributed by atoms with van der Waals surface area (Å²) < 4.78 is 5.44. The summed E-state index contributed by atoms with van der Waals surface area (Å²) in [5.74, 6) is -0.774. The van der Waals surface area contributed by atoms with E-state index >= 15 is 0 Å². The van der Waals surface area contributed by atoms with Gasteiger partial charge in [-0.2, -0.15) is 0 Å². The maximum absolute atomic E-state index is 12.6. The number of amides is 2. The van der Waals surface area contributed by atoms with Crippen molar-refractivity contribution in [1.82, 2.24) is 9.80 Å². The van der Waals surface area contributed by atoms with E-state index in [0.717, 1.165) is 6.41 Å². The molecule has 0 aromatic carbocycles. The van der Waals surface area contributed by atoms with E-state index in [1.807, 2.05) is 48.5 Å². The molecular formula is C18H34N2O4. The lowest BCUT2D eigenvalue weighted by atomic mass is 9.99. The SMILES string of the molecule is CC.CC(C)[C@@H](C(=O)OC(C)(C)C)N(C)C(=O)[C@H]1CCN(C=O)C1. The number of hydrogen-bond acceptors (Lipinski definition) is 4. The molecule has 0 N–H and O–H groups in total. The number of likely N-dealkylation sites (tertiary alicyclic amines) is 1. The molecule has 0 unspecified atom stereocenters. The summed E-state index contributed by atoms with van der Waals surface area (Å²) in [6.45, 7) is 14.2. The van der Waals surface area contributed by atoms with Gasteiger partial charge >= 0.3 is 5.97 Å². The highest BCUT2D eigenvalue weighted by Crippen LogP contribution is 2.22. The number of rotatable bonds is 5. The van der Waals surface area contributed by atoms with Gasteiger partial charge in [0.05, 0.1) is 5.92 Å². The van der Waals surface area contributed by atoms with Crippen molar-refractivity contribution >= 4 is 18.3 Å². The molecule has 2 atom stereocenters. The molecular weight excluding hydrogens is 308 g/mol. The normalized spacial score (nSPS) is 18.5. The number of nitrogens with zero attached hydrogens (tertiary/aromatic N) is 2. The van der Waals surface area contributed by atoms with Gasteiger partial charge in [-0.25, -0.2) is 4.79 Å². The molecule has 1 fully saturated rings. The number of ether oxygens (including phenoxy) is 1. The first kappa shape index (κ1) is 22.4. The summed E-state index contributed by atoms with van der Waals surface area (Å²) >= 11 is 0. The summed E-state index contributed by atoms with van der Waals surface area (Å²) in [6, 6.07) is -0.614. The van der Waals surface area contributed by atoms with E-state index in [4.69, 9.17) is 4.74 Å². The summed E-state index contributed by atoms with van der Waals surface area (Å²) in [5.41, 5.74) is -0.588. The summed E-state index contributed by atoms with van der Waals surface area (Å²) in [4.78, 5) is 38.9. The molecule has 24 heavy (non-hydrogen) atoms. The van der Waals surface area contributed by atoms with Gasteiger partial charge in [0.2, 0.25) is 12.3 Å². The van der Waals surface area contributed by atoms with Crippen molar-refractivity contribution in [3.05, 3.63) is 0 Å². The van der Waals surface area contributed by atoms with Crippen molar-refractivity contribution in [3.63, 3.8) is 0 Å². The van der Waals surface area contributed by atoms with Crippen LogP contribution in [0.4, 0.5) is 0 Å². The lowest BCUT2D eigenvalue weighted by Gasteiger charge is -2.33. The highest BCUT2D eigenvalue weighted by atomic mass is 16.6. The molecule has 6 heteroatoms. The molecule has 1 aliphatic heterocycles. The minimum absolute atomic E-state index is 0.0487. The van der Waals surface area contributed by atoms with Crippen LogP contribution in [0.25, 0.3) is 0 Å². The van der Waals surface area contributed by atoms with Gasteiger partial charge in [0, 0.05) is 20.1 Å². The van der Waals surface area contributed by atoms with Gasteiger partial charge < -0.3 is 14.5 Å². The molecule has 1 heterocycles. The van der Waals surface area contributed by atoms with Crippen molar-refractivity contribution in [2.75, 3.05) is 20.1 Å². The first-order chi connectivity index (χ1) is 11.1. The van der Waals surface area contributed by atoms with Crippen molar-refractivity contribution < 1.29 is 19.1 Å². The molecule has 1 aliphatic rings. The number of likely N-dealkylation sites (N-methyl/N-ethyl adjacent to an activating group) is 1. The van der Waals surface area contributed by atoms with Crippen LogP contribution in [-0.4, -0.2) is 59.9 Å². The van der Waals surface area contributed by atoms with Gasteiger partial charge in [-0.1, -0.05) is 27.7 Å². The van der Waals surface area contributed by atoms with Crippen molar-refractivity contribution in [3.8, 4) is 0 Å². The summed E-state index contributed by atoms with van der Waals surface area (Å²) in [5, 5.41) is 0. The Labute approximate surface area is 146 Å². The topological polar surface area (TPSA) is 66.9 Å². The van der Waals surface area contributed by atoms with Crippen LogP contribution in [0.2, 0.25) is 0 Å². The number of carbonyl (C=O) groups excluding carboxylic acids is 3. The van der Waals surface area contributed by atoms with Gasteiger partial charge in [-0.05, 0) is 33.1 Å². The van der Waals surface area contributed by atoms with Crippen LogP contribution in [0.15, 0.2) is 0 Å². The average molecular weight is 342 g/mol. The van der Waals surface area contributed by atoms with Gasteiger partial charge in [-0.15, -0.1) is 0 Å². The molecule has 0 spiro atoms. The molecule has 2 amide bonds. The van der Waals surface area contributed by atoms with Gasteiger partial charge in [0.25, 0.3) is 0 Å². The Hall–Kier alpha value is -1.59. The monoisotopic (exact) mass is 342 g/mol. The van der Waals surface area contributed by atoms with Crippen LogP contribution in [0.3, 0.4) is 0 Å². The average Bonchev–Trinajstić information content (AvgIpc) is 2.95. The molecule has 0 saturated carbocycles. The first-order valence-electron chi connectivity index (χ1n) is 8.75. The van der Waals surface area contributed by atoms with E-state index in [0.29, 0.717) is 19.5 Å². The summed E-state index contributed by atoms with van der Waals surface area (Å²) in [6.07, 6.45) is 1.40. The second-order valence-corrected chi connectivity index (χ2v) is 7.26. The standard InChI is InChI=1S/C16H28N2O4.C2H6/c1-11(2)13(15(21)22-16(3,4)5)17(6)14(20)12-7-8-18(9-12)10-19;1-2/h10-13H,7-9H2,1-6H3;1-2H3/t12-,13-;/m0./s1. The van der Waals surface area contributed by atoms with Crippen LogP contribution in [-0.2, 0) is 19.1 Å². The largest absolute Gasteiger partial charge is 0.458 e. The van der Waals surface area contributed by atoms with Crippen LogP contribution in [0.1, 0.15) is 54.9 Å². The van der Waals surface area contributed by atoms with Crippen LogP contribution in [0, 0.1) is 11.8 Å². The Morgan fingerprint density at radius 2 is 1.79 bits per heavy atom. The van der Waals surface area contributed by atoms with E-state index < -0.39 is 11.6 Å². The van der Waals surface area contributed by atoms with E-state index in [1.165, 1.54) is 4.90 Å². The van der Waals surface area contributed by atoms with Crippen LogP contribution in [0.5, 0.6) is 0 Å². The second-order valence-electron chi connectivity index (χ2n) is 7.26. The minimum atomic E-state index is -0.614. The molecule has 0 radical (unpaired) electrons. The Balaban J connectivity index is 0.00000254. The van der Waals surface area contributed by atoms with Gasteiger partial charge in [0.15, 0.2) is 0 Å². The number of carbonyl (C=O) groups is 3. The Kier molecular flexibility index (Phi) is 9.01. The fraction of sp³-hybridized carbons (Fsp3) is 0.833. The quantitative estimate of drug-likeness (QED) is 0.568. The van der Waals surface area contributed by atoms with E-state index in [2.05, 4.69) is 0 Å². The maximum Gasteiger partial charge on any atom is 0.329 e. The Morgan fingerprint density at radius 1 is 1.25 bits per heavy atom. The lowest BCUT2D eigenvalue weighted by molar-refractivity contribution is -0.166. The third-order valence-electron chi connectivity index (χ3n) is 3.76. The maximum atomic E-state index is 12.6. The van der Waals surface area contributed by atoms with Crippen molar-refractivity contribution in [2.45, 2.75) is 66.5 Å². The minimum Gasteiger partial charge on any atom is -0.458 e. The highest BCUT2D eigenvalue weighted by molar-refractivity contribution is 5.86. The second kappa shape index (κ2) is 9.64. The molecule has 140 valence electrons. The van der Waals surface area contributed by atoms with E-state index in [-0.39, 0.29) is 23.7 Å². The van der Waals surface area contributed by atoms with Crippen LogP contribution < -0.4 is 0 Å². The smallest absolute Gasteiger partial charge is 0.329 e. The van der Waals surface area contributed by atoms with Crippen molar-refractivity contribution in [2.24, 2.45) is 11.8 Å². The van der Waals surface area contributed by atoms with Crippen LogP contribution >= 0.6 is 0 Å². The fourth-order valence-electron chi connectivity index (χ4n) is 2.75. The van der Waals surface area contributed by atoms with Crippen molar-refractivity contribution in [1.29, 1.82) is 0 Å². The number of esters is 1. The Bertz CT molecular complexity index is 429. The molecule has 0 aromatic rings.